The molecule has 90 valence electrons. The summed E-state index contributed by atoms with van der Waals surface area (Å²) in [7, 11) is 1.66. The summed E-state index contributed by atoms with van der Waals surface area (Å²) in [6, 6.07) is 15.5. The summed E-state index contributed by atoms with van der Waals surface area (Å²) in [6.07, 6.45) is 0. The van der Waals surface area contributed by atoms with Crippen molar-refractivity contribution >= 4 is 27.5 Å². The van der Waals surface area contributed by atoms with Crippen LogP contribution in [-0.2, 0) is 0 Å². The molecular formula is C14H14BrClO. The molecule has 0 amide bonds. The van der Waals surface area contributed by atoms with Gasteiger partial charge in [-0.15, -0.1) is 0 Å². The van der Waals surface area contributed by atoms with Crippen molar-refractivity contribution in [3.05, 3.63) is 63.6 Å². The summed E-state index contributed by atoms with van der Waals surface area (Å²) in [5.74, 6) is 0.887. The van der Waals surface area contributed by atoms with Crippen molar-refractivity contribution in [1.82, 2.24) is 0 Å². The smallest absolute Gasteiger partial charge is 0.118 e. The van der Waals surface area contributed by atoms with Crippen LogP contribution in [0, 0.1) is 6.92 Å². The van der Waals surface area contributed by atoms with Gasteiger partial charge < -0.3 is 4.74 Å². The van der Waals surface area contributed by atoms with Crippen LogP contribution in [0.2, 0.25) is 5.02 Å². The lowest BCUT2D eigenvalue weighted by Crippen LogP contribution is -1.79. The van der Waals surface area contributed by atoms with Crippen LogP contribution in [0.5, 0.6) is 5.75 Å². The van der Waals surface area contributed by atoms with Gasteiger partial charge in [-0.25, -0.2) is 0 Å². The quantitative estimate of drug-likeness (QED) is 0.711. The minimum Gasteiger partial charge on any atom is -0.497 e. The van der Waals surface area contributed by atoms with Gasteiger partial charge in [0, 0.05) is 9.50 Å². The van der Waals surface area contributed by atoms with Crippen molar-refractivity contribution in [2.24, 2.45) is 0 Å². The Bertz CT molecular complexity index is 433. The normalized spacial score (nSPS) is 9.18. The Hall–Kier alpha value is -0.990. The third-order valence-corrected chi connectivity index (χ3v) is 3.08. The fourth-order valence-corrected chi connectivity index (χ4v) is 1.52. The van der Waals surface area contributed by atoms with E-state index in [4.69, 9.17) is 16.3 Å². The number of hydrogen-bond acceptors (Lipinski definition) is 1. The topological polar surface area (TPSA) is 9.23 Å². The molecule has 17 heavy (non-hydrogen) atoms. The van der Waals surface area contributed by atoms with Gasteiger partial charge in [0.15, 0.2) is 0 Å². The summed E-state index contributed by atoms with van der Waals surface area (Å²) in [5, 5.41) is 0.840. The highest BCUT2D eigenvalue weighted by atomic mass is 79.9. The SMILES string of the molecule is COc1ccc(Br)cc1.Cc1ccccc1Cl. The highest BCUT2D eigenvalue weighted by molar-refractivity contribution is 9.10. The summed E-state index contributed by atoms with van der Waals surface area (Å²) in [4.78, 5) is 0. The van der Waals surface area contributed by atoms with Gasteiger partial charge in [0.1, 0.15) is 5.75 Å². The molecule has 2 aromatic rings. The molecule has 0 heterocycles. The molecule has 2 rings (SSSR count). The molecule has 3 heteroatoms. The van der Waals surface area contributed by atoms with E-state index in [1.807, 2.05) is 55.5 Å². The second kappa shape index (κ2) is 7.36. The van der Waals surface area contributed by atoms with Crippen molar-refractivity contribution in [1.29, 1.82) is 0 Å². The lowest BCUT2D eigenvalue weighted by molar-refractivity contribution is 0.414. The maximum atomic E-state index is 5.71. The van der Waals surface area contributed by atoms with Gasteiger partial charge in [0.2, 0.25) is 0 Å². The Labute approximate surface area is 116 Å². The number of aryl methyl sites for hydroxylation is 1. The third kappa shape index (κ3) is 5.24. The molecule has 0 N–H and O–H groups in total. The fraction of sp³-hybridized carbons (Fsp3) is 0.143. The molecule has 0 fully saturated rings. The average molecular weight is 314 g/mol. The number of methoxy groups -OCH3 is 1. The number of benzene rings is 2. The predicted octanol–water partition coefficient (Wildman–Crippen LogP) is 5.11. The molecule has 0 saturated carbocycles. The molecule has 0 aliphatic carbocycles. The van der Waals surface area contributed by atoms with E-state index < -0.39 is 0 Å². The maximum Gasteiger partial charge on any atom is 0.118 e. The second-order valence-corrected chi connectivity index (χ2v) is 4.73. The number of hydrogen-bond donors (Lipinski definition) is 0. The second-order valence-electron chi connectivity index (χ2n) is 3.41. The summed E-state index contributed by atoms with van der Waals surface area (Å²) >= 11 is 9.03. The summed E-state index contributed by atoms with van der Waals surface area (Å²) in [6.45, 7) is 1.99. The van der Waals surface area contributed by atoms with Crippen molar-refractivity contribution in [3.8, 4) is 5.75 Å². The van der Waals surface area contributed by atoms with Crippen LogP contribution in [0.15, 0.2) is 53.0 Å². The van der Waals surface area contributed by atoms with E-state index in [-0.39, 0.29) is 0 Å². The first-order chi connectivity index (χ1) is 8.13. The van der Waals surface area contributed by atoms with Crippen LogP contribution >= 0.6 is 27.5 Å². The van der Waals surface area contributed by atoms with Crippen LogP contribution in [0.25, 0.3) is 0 Å². The summed E-state index contributed by atoms with van der Waals surface area (Å²) < 4.78 is 6.02. The molecule has 1 nitrogen and oxygen atoms in total. The van der Waals surface area contributed by atoms with Crippen molar-refractivity contribution < 1.29 is 4.74 Å². The van der Waals surface area contributed by atoms with Crippen molar-refractivity contribution in [3.63, 3.8) is 0 Å². The first-order valence-corrected chi connectivity index (χ1v) is 6.31. The largest absolute Gasteiger partial charge is 0.497 e. The Morgan fingerprint density at radius 2 is 1.59 bits per heavy atom. The van der Waals surface area contributed by atoms with Gasteiger partial charge in [0.05, 0.1) is 7.11 Å². The molecule has 0 aliphatic rings. The van der Waals surface area contributed by atoms with Gasteiger partial charge in [-0.3, -0.25) is 0 Å². The molecule has 0 aromatic heterocycles. The summed E-state index contributed by atoms with van der Waals surface area (Å²) in [5.41, 5.74) is 1.13. The first-order valence-electron chi connectivity index (χ1n) is 5.14. The molecule has 0 spiro atoms. The monoisotopic (exact) mass is 312 g/mol. The Morgan fingerprint density at radius 1 is 1.00 bits per heavy atom. The van der Waals surface area contributed by atoms with Crippen LogP contribution in [0.4, 0.5) is 0 Å². The van der Waals surface area contributed by atoms with Gasteiger partial charge in [-0.1, -0.05) is 45.7 Å². The zero-order chi connectivity index (χ0) is 12.7. The van der Waals surface area contributed by atoms with Gasteiger partial charge >= 0.3 is 0 Å². The fourth-order valence-electron chi connectivity index (χ4n) is 1.12. The molecule has 0 bridgehead atoms. The molecule has 0 aliphatic heterocycles. The molecule has 0 unspecified atom stereocenters. The molecule has 0 radical (unpaired) electrons. The van der Waals surface area contributed by atoms with Crippen LogP contribution in [-0.4, -0.2) is 7.11 Å². The Balaban J connectivity index is 0.000000171. The Kier molecular flexibility index (Phi) is 6.09. The molecular weight excluding hydrogens is 300 g/mol. The zero-order valence-corrected chi connectivity index (χ0v) is 12.1. The van der Waals surface area contributed by atoms with Crippen molar-refractivity contribution in [2.75, 3.05) is 7.11 Å². The van der Waals surface area contributed by atoms with E-state index in [0.717, 1.165) is 20.8 Å². The van der Waals surface area contributed by atoms with E-state index in [2.05, 4.69) is 15.9 Å². The third-order valence-electron chi connectivity index (χ3n) is 2.13. The van der Waals surface area contributed by atoms with Crippen LogP contribution in [0.1, 0.15) is 5.56 Å². The Morgan fingerprint density at radius 3 is 2.00 bits per heavy atom. The lowest BCUT2D eigenvalue weighted by atomic mass is 10.2. The minimum absolute atomic E-state index is 0.840. The van der Waals surface area contributed by atoms with E-state index in [1.165, 1.54) is 0 Å². The van der Waals surface area contributed by atoms with Gasteiger partial charge in [0.25, 0.3) is 0 Å². The highest BCUT2D eigenvalue weighted by Crippen LogP contribution is 2.15. The maximum absolute atomic E-state index is 5.71. The van der Waals surface area contributed by atoms with Crippen molar-refractivity contribution in [2.45, 2.75) is 6.92 Å². The minimum atomic E-state index is 0.840. The highest BCUT2D eigenvalue weighted by Gasteiger charge is 1.87. The predicted molar refractivity (Wildman–Crippen MR) is 76.9 cm³/mol. The van der Waals surface area contributed by atoms with E-state index in [9.17, 15) is 0 Å². The molecule has 0 saturated heterocycles. The number of rotatable bonds is 1. The average Bonchev–Trinajstić information content (AvgIpc) is 2.35. The zero-order valence-electron chi connectivity index (χ0n) is 9.78. The van der Waals surface area contributed by atoms with E-state index >= 15 is 0 Å². The van der Waals surface area contributed by atoms with Crippen LogP contribution in [0.3, 0.4) is 0 Å². The lowest BCUT2D eigenvalue weighted by Gasteiger charge is -1.96. The first kappa shape index (κ1) is 14.1. The van der Waals surface area contributed by atoms with E-state index in [0.29, 0.717) is 0 Å². The molecule has 2 aromatic carbocycles. The molecule has 0 atom stereocenters. The van der Waals surface area contributed by atoms with Gasteiger partial charge in [-0.05, 0) is 42.8 Å². The standard InChI is InChI=1S/C7H7BrO.C7H7Cl/c1-9-7-4-2-6(8)3-5-7;1-6-4-2-3-5-7(6)8/h2-5H,1H3;2-5H,1H3. The van der Waals surface area contributed by atoms with E-state index in [1.54, 1.807) is 7.11 Å². The van der Waals surface area contributed by atoms with Gasteiger partial charge in [-0.2, -0.15) is 0 Å². The number of halogens is 2. The van der Waals surface area contributed by atoms with Crippen LogP contribution < -0.4 is 4.74 Å². The number of ether oxygens (including phenoxy) is 1.